The molecule has 142 valence electrons. The second kappa shape index (κ2) is 8.51. The average Bonchev–Trinajstić information content (AvgIpc) is 2.94. The summed E-state index contributed by atoms with van der Waals surface area (Å²) in [6.45, 7) is 18.2. The van der Waals surface area contributed by atoms with Gasteiger partial charge in [0.1, 0.15) is 0 Å². The minimum absolute atomic E-state index is 0.251. The Labute approximate surface area is 150 Å². The normalized spacial score (nSPS) is 34.4. The fourth-order valence-electron chi connectivity index (χ4n) is 4.62. The van der Waals surface area contributed by atoms with Crippen molar-refractivity contribution in [3.05, 3.63) is 0 Å². The number of rotatable bonds is 8. The maximum atomic E-state index is 6.56. The van der Waals surface area contributed by atoms with Gasteiger partial charge in [-0.3, -0.25) is 0 Å². The summed E-state index contributed by atoms with van der Waals surface area (Å²) >= 11 is 0. The van der Waals surface area contributed by atoms with Crippen molar-refractivity contribution in [1.29, 1.82) is 0 Å². The molecule has 0 radical (unpaired) electrons. The first kappa shape index (κ1) is 20.2. The summed E-state index contributed by atoms with van der Waals surface area (Å²) in [4.78, 5) is 2.55. The van der Waals surface area contributed by atoms with Crippen LogP contribution in [0.3, 0.4) is 0 Å². The predicted molar refractivity (Wildman–Crippen MR) is 101 cm³/mol. The molecular formula is C21H41NO2. The molecule has 1 saturated heterocycles. The molecule has 4 unspecified atom stereocenters. The summed E-state index contributed by atoms with van der Waals surface area (Å²) < 4.78 is 12.9. The highest BCUT2D eigenvalue weighted by Gasteiger charge is 2.50. The van der Waals surface area contributed by atoms with Crippen LogP contribution in [0.2, 0.25) is 0 Å². The fourth-order valence-corrected chi connectivity index (χ4v) is 4.62. The van der Waals surface area contributed by atoms with Gasteiger partial charge in [-0.1, -0.05) is 48.0 Å². The Morgan fingerprint density at radius 2 is 1.79 bits per heavy atom. The standard InChI is InChI=1S/C21H41NO2/c1-7-12-22(13-8-2)15-19-16-23-21(24-19)11-10-18(14-17(21)4)20(5,6)9-3/h17-19H,7-16H2,1-6H3. The van der Waals surface area contributed by atoms with E-state index in [-0.39, 0.29) is 11.9 Å². The van der Waals surface area contributed by atoms with Crippen molar-refractivity contribution < 1.29 is 9.47 Å². The zero-order valence-electron chi connectivity index (χ0n) is 17.1. The average molecular weight is 340 g/mol. The quantitative estimate of drug-likeness (QED) is 0.614. The Kier molecular flexibility index (Phi) is 7.16. The van der Waals surface area contributed by atoms with E-state index < -0.39 is 0 Å². The molecule has 2 rings (SSSR count). The van der Waals surface area contributed by atoms with Gasteiger partial charge >= 0.3 is 0 Å². The van der Waals surface area contributed by atoms with Crippen molar-refractivity contribution in [1.82, 2.24) is 4.90 Å². The predicted octanol–water partition coefficient (Wildman–Crippen LogP) is 5.09. The van der Waals surface area contributed by atoms with E-state index in [4.69, 9.17) is 9.47 Å². The molecule has 0 aromatic carbocycles. The van der Waals surface area contributed by atoms with Crippen LogP contribution in [0.1, 0.15) is 80.1 Å². The third-order valence-electron chi connectivity index (χ3n) is 6.67. The van der Waals surface area contributed by atoms with Gasteiger partial charge in [-0.15, -0.1) is 0 Å². The van der Waals surface area contributed by atoms with Crippen molar-refractivity contribution in [3.8, 4) is 0 Å². The molecular weight excluding hydrogens is 298 g/mol. The molecule has 3 nitrogen and oxygen atoms in total. The molecule has 3 heteroatoms. The van der Waals surface area contributed by atoms with Crippen LogP contribution in [0.25, 0.3) is 0 Å². The Morgan fingerprint density at radius 3 is 2.33 bits per heavy atom. The zero-order chi connectivity index (χ0) is 17.8. The van der Waals surface area contributed by atoms with E-state index in [2.05, 4.69) is 46.4 Å². The summed E-state index contributed by atoms with van der Waals surface area (Å²) in [5, 5.41) is 0. The summed E-state index contributed by atoms with van der Waals surface area (Å²) in [6.07, 6.45) is 7.48. The molecule has 1 aliphatic carbocycles. The number of nitrogens with zero attached hydrogens (tertiary/aromatic N) is 1. The molecule has 1 saturated carbocycles. The molecule has 0 aromatic rings. The lowest BCUT2D eigenvalue weighted by Crippen LogP contribution is -2.46. The van der Waals surface area contributed by atoms with E-state index in [0.717, 1.165) is 25.5 Å². The highest BCUT2D eigenvalue weighted by atomic mass is 16.7. The molecule has 0 bridgehead atoms. The van der Waals surface area contributed by atoms with Gasteiger partial charge in [0, 0.05) is 18.9 Å². The molecule has 1 aliphatic heterocycles. The van der Waals surface area contributed by atoms with Gasteiger partial charge in [0.2, 0.25) is 0 Å². The number of ether oxygens (including phenoxy) is 2. The van der Waals surface area contributed by atoms with E-state index in [1.165, 1.54) is 45.2 Å². The molecule has 0 N–H and O–H groups in total. The van der Waals surface area contributed by atoms with E-state index in [0.29, 0.717) is 11.3 Å². The van der Waals surface area contributed by atoms with E-state index in [1.807, 2.05) is 0 Å². The van der Waals surface area contributed by atoms with Gasteiger partial charge in [-0.05, 0) is 50.1 Å². The van der Waals surface area contributed by atoms with Crippen molar-refractivity contribution in [2.24, 2.45) is 17.3 Å². The largest absolute Gasteiger partial charge is 0.347 e. The van der Waals surface area contributed by atoms with Crippen LogP contribution in [-0.4, -0.2) is 43.0 Å². The highest BCUT2D eigenvalue weighted by Crippen LogP contribution is 2.49. The summed E-state index contributed by atoms with van der Waals surface area (Å²) in [6, 6.07) is 0. The van der Waals surface area contributed by atoms with Gasteiger partial charge in [0.05, 0.1) is 12.7 Å². The van der Waals surface area contributed by atoms with Gasteiger partial charge in [-0.2, -0.15) is 0 Å². The maximum absolute atomic E-state index is 6.56. The van der Waals surface area contributed by atoms with Crippen molar-refractivity contribution in [3.63, 3.8) is 0 Å². The molecule has 24 heavy (non-hydrogen) atoms. The van der Waals surface area contributed by atoms with E-state index in [9.17, 15) is 0 Å². The first-order valence-electron chi connectivity index (χ1n) is 10.4. The van der Waals surface area contributed by atoms with E-state index in [1.54, 1.807) is 0 Å². The van der Waals surface area contributed by atoms with Gasteiger partial charge in [0.25, 0.3) is 0 Å². The smallest absolute Gasteiger partial charge is 0.171 e. The van der Waals surface area contributed by atoms with Gasteiger partial charge in [-0.25, -0.2) is 0 Å². The fraction of sp³-hybridized carbons (Fsp3) is 1.00. The molecule has 0 amide bonds. The molecule has 2 aliphatic rings. The maximum Gasteiger partial charge on any atom is 0.171 e. The van der Waals surface area contributed by atoms with Crippen molar-refractivity contribution in [2.45, 2.75) is 92.0 Å². The lowest BCUT2D eigenvalue weighted by molar-refractivity contribution is -0.228. The number of hydrogen-bond acceptors (Lipinski definition) is 3. The SMILES string of the molecule is CCCN(CCC)CC1COC2(CCC(C(C)(C)CC)CC2C)O1. The molecule has 0 aromatic heterocycles. The Hall–Kier alpha value is -0.120. The Bertz CT molecular complexity index is 378. The molecule has 1 heterocycles. The van der Waals surface area contributed by atoms with Crippen LogP contribution in [0.4, 0.5) is 0 Å². The molecule has 4 atom stereocenters. The van der Waals surface area contributed by atoms with Crippen LogP contribution in [-0.2, 0) is 9.47 Å². The lowest BCUT2D eigenvalue weighted by atomic mass is 9.65. The summed E-state index contributed by atoms with van der Waals surface area (Å²) in [7, 11) is 0. The van der Waals surface area contributed by atoms with Gasteiger partial charge < -0.3 is 14.4 Å². The third-order valence-corrected chi connectivity index (χ3v) is 6.67. The van der Waals surface area contributed by atoms with E-state index >= 15 is 0 Å². The topological polar surface area (TPSA) is 21.7 Å². The summed E-state index contributed by atoms with van der Waals surface area (Å²) in [5.74, 6) is 0.999. The number of hydrogen-bond donors (Lipinski definition) is 0. The van der Waals surface area contributed by atoms with Crippen LogP contribution in [0.5, 0.6) is 0 Å². The van der Waals surface area contributed by atoms with Crippen LogP contribution < -0.4 is 0 Å². The zero-order valence-corrected chi connectivity index (χ0v) is 17.1. The van der Waals surface area contributed by atoms with Crippen LogP contribution >= 0.6 is 0 Å². The summed E-state index contributed by atoms with van der Waals surface area (Å²) in [5.41, 5.74) is 0.437. The minimum atomic E-state index is -0.297. The lowest BCUT2D eigenvalue weighted by Gasteiger charge is -2.46. The second-order valence-electron chi connectivity index (χ2n) is 8.88. The second-order valence-corrected chi connectivity index (χ2v) is 8.88. The first-order chi connectivity index (χ1) is 11.4. The van der Waals surface area contributed by atoms with Crippen molar-refractivity contribution >= 4 is 0 Å². The Balaban J connectivity index is 1.92. The molecule has 2 fully saturated rings. The minimum Gasteiger partial charge on any atom is -0.347 e. The van der Waals surface area contributed by atoms with Crippen LogP contribution in [0, 0.1) is 17.3 Å². The van der Waals surface area contributed by atoms with Crippen LogP contribution in [0.15, 0.2) is 0 Å². The molecule has 1 spiro atoms. The highest BCUT2D eigenvalue weighted by molar-refractivity contribution is 4.93. The van der Waals surface area contributed by atoms with Gasteiger partial charge in [0.15, 0.2) is 5.79 Å². The third kappa shape index (κ3) is 4.53. The Morgan fingerprint density at radius 1 is 1.12 bits per heavy atom. The first-order valence-corrected chi connectivity index (χ1v) is 10.4. The van der Waals surface area contributed by atoms with Crippen molar-refractivity contribution in [2.75, 3.05) is 26.2 Å². The monoisotopic (exact) mass is 339 g/mol.